The molecule has 0 aliphatic rings. The largest absolute Gasteiger partial charge is 0.492 e. The Morgan fingerprint density at radius 3 is 2.86 bits per heavy atom. The van der Waals surface area contributed by atoms with Crippen LogP contribution in [0.25, 0.3) is 0 Å². The van der Waals surface area contributed by atoms with Gasteiger partial charge in [0.25, 0.3) is 5.91 Å². The Labute approximate surface area is 126 Å². The molecule has 0 unspecified atom stereocenters. The number of aromatic nitrogens is 2. The van der Waals surface area contributed by atoms with Crippen molar-refractivity contribution in [2.45, 2.75) is 0 Å². The van der Waals surface area contributed by atoms with Crippen molar-refractivity contribution in [3.8, 4) is 5.75 Å². The topological polar surface area (TPSA) is 55.3 Å². The fourth-order valence-electron chi connectivity index (χ4n) is 1.58. The molecule has 1 amide bonds. The maximum Gasteiger partial charge on any atom is 0.273 e. The zero-order valence-corrected chi connectivity index (χ0v) is 12.0. The lowest BCUT2D eigenvalue weighted by molar-refractivity contribution is 0.0767. The number of carbonyl (C=O) groups is 1. The lowest BCUT2D eigenvalue weighted by Crippen LogP contribution is -2.31. The zero-order chi connectivity index (χ0) is 15.2. The van der Waals surface area contributed by atoms with E-state index in [4.69, 9.17) is 16.3 Å². The van der Waals surface area contributed by atoms with E-state index in [1.54, 1.807) is 19.2 Å². The minimum atomic E-state index is -0.367. The average molecular weight is 310 g/mol. The maximum absolute atomic E-state index is 13.0. The Balaban J connectivity index is 1.85. The molecule has 0 N–H and O–H groups in total. The summed E-state index contributed by atoms with van der Waals surface area (Å²) in [7, 11) is 1.62. The normalized spacial score (nSPS) is 10.2. The number of amides is 1. The van der Waals surface area contributed by atoms with Gasteiger partial charge in [0.15, 0.2) is 0 Å². The van der Waals surface area contributed by atoms with Crippen LogP contribution in [0.5, 0.6) is 5.75 Å². The smallest absolute Gasteiger partial charge is 0.273 e. The van der Waals surface area contributed by atoms with E-state index in [0.717, 1.165) is 0 Å². The number of hydrogen-bond donors (Lipinski definition) is 0. The number of likely N-dealkylation sites (N-methyl/N-ethyl adjacent to an activating group) is 1. The summed E-state index contributed by atoms with van der Waals surface area (Å²) in [5, 5.41) is 0.226. The summed E-state index contributed by atoms with van der Waals surface area (Å²) in [6, 6.07) is 5.83. The van der Waals surface area contributed by atoms with Crippen molar-refractivity contribution < 1.29 is 13.9 Å². The van der Waals surface area contributed by atoms with Crippen LogP contribution in [0.15, 0.2) is 36.7 Å². The molecule has 0 fully saturated rings. The molecule has 1 aromatic heterocycles. The molecule has 0 bridgehead atoms. The molecular formula is C14H13ClFN3O2. The Morgan fingerprint density at radius 1 is 1.38 bits per heavy atom. The fraction of sp³-hybridized carbons (Fsp3) is 0.214. The number of halogens is 2. The number of hydrogen-bond acceptors (Lipinski definition) is 4. The Hall–Kier alpha value is -2.21. The third-order valence-corrected chi connectivity index (χ3v) is 2.87. The molecule has 0 atom stereocenters. The predicted octanol–water partition coefficient (Wildman–Crippen LogP) is 2.42. The van der Waals surface area contributed by atoms with Gasteiger partial charge in [0.05, 0.1) is 18.9 Å². The van der Waals surface area contributed by atoms with Crippen molar-refractivity contribution in [3.63, 3.8) is 0 Å². The van der Waals surface area contributed by atoms with Crippen molar-refractivity contribution in [1.29, 1.82) is 0 Å². The third kappa shape index (κ3) is 4.39. The van der Waals surface area contributed by atoms with Crippen molar-refractivity contribution >= 4 is 17.5 Å². The van der Waals surface area contributed by atoms with E-state index in [2.05, 4.69) is 9.97 Å². The van der Waals surface area contributed by atoms with Crippen LogP contribution < -0.4 is 4.74 Å². The first-order chi connectivity index (χ1) is 10.1. The Morgan fingerprint density at radius 2 is 2.19 bits per heavy atom. The van der Waals surface area contributed by atoms with Gasteiger partial charge >= 0.3 is 0 Å². The summed E-state index contributed by atoms with van der Waals surface area (Å²) < 4.78 is 18.3. The highest BCUT2D eigenvalue weighted by Crippen LogP contribution is 2.11. The van der Waals surface area contributed by atoms with Crippen molar-refractivity contribution in [2.24, 2.45) is 0 Å². The van der Waals surface area contributed by atoms with Gasteiger partial charge < -0.3 is 9.64 Å². The van der Waals surface area contributed by atoms with E-state index in [1.165, 1.54) is 29.4 Å². The third-order valence-electron chi connectivity index (χ3n) is 2.68. The summed E-state index contributed by atoms with van der Waals surface area (Å²) in [6.07, 6.45) is 2.63. The van der Waals surface area contributed by atoms with E-state index in [9.17, 15) is 9.18 Å². The van der Waals surface area contributed by atoms with Crippen molar-refractivity contribution in [1.82, 2.24) is 14.9 Å². The maximum atomic E-state index is 13.0. The van der Waals surface area contributed by atoms with E-state index < -0.39 is 0 Å². The molecule has 7 heteroatoms. The first kappa shape index (κ1) is 15.2. The van der Waals surface area contributed by atoms with E-state index in [-0.39, 0.29) is 29.2 Å². The highest BCUT2D eigenvalue weighted by Gasteiger charge is 2.13. The van der Waals surface area contributed by atoms with Gasteiger partial charge in [-0.05, 0) is 12.1 Å². The molecule has 1 heterocycles. The van der Waals surface area contributed by atoms with Crippen LogP contribution in [-0.2, 0) is 0 Å². The number of rotatable bonds is 5. The second kappa shape index (κ2) is 6.99. The molecule has 5 nitrogen and oxygen atoms in total. The SMILES string of the molecule is CN(CCOc1cccc(F)c1)C(=O)c1cnc(Cl)cn1. The zero-order valence-electron chi connectivity index (χ0n) is 11.3. The number of carbonyl (C=O) groups excluding carboxylic acids is 1. The van der Waals surface area contributed by atoms with E-state index >= 15 is 0 Å². The molecular weight excluding hydrogens is 297 g/mol. The number of ether oxygens (including phenoxy) is 1. The second-order valence-corrected chi connectivity index (χ2v) is 4.64. The van der Waals surface area contributed by atoms with Gasteiger partial charge in [0, 0.05) is 13.1 Å². The first-order valence-electron chi connectivity index (χ1n) is 6.17. The number of benzene rings is 1. The average Bonchev–Trinajstić information content (AvgIpc) is 2.47. The predicted molar refractivity (Wildman–Crippen MR) is 75.9 cm³/mol. The standard InChI is InChI=1S/C14H13ClFN3O2/c1-19(14(20)12-8-18-13(15)9-17-12)5-6-21-11-4-2-3-10(16)7-11/h2-4,7-9H,5-6H2,1H3. The first-order valence-corrected chi connectivity index (χ1v) is 6.55. The van der Waals surface area contributed by atoms with Gasteiger partial charge in [-0.3, -0.25) is 4.79 Å². The minimum absolute atomic E-state index is 0.202. The highest BCUT2D eigenvalue weighted by molar-refractivity contribution is 6.29. The Bertz CT molecular complexity index is 622. The van der Waals surface area contributed by atoms with Gasteiger partial charge in [-0.1, -0.05) is 17.7 Å². The van der Waals surface area contributed by atoms with Gasteiger partial charge in [-0.25, -0.2) is 14.4 Å². The van der Waals surface area contributed by atoms with Gasteiger partial charge in [-0.15, -0.1) is 0 Å². The molecule has 0 radical (unpaired) electrons. The van der Waals surface area contributed by atoms with Crippen molar-refractivity contribution in [2.75, 3.05) is 20.2 Å². The van der Waals surface area contributed by atoms with Crippen LogP contribution in [-0.4, -0.2) is 41.0 Å². The number of nitrogens with zero attached hydrogens (tertiary/aromatic N) is 3. The highest BCUT2D eigenvalue weighted by atomic mass is 35.5. The summed E-state index contributed by atoms with van der Waals surface area (Å²) in [6.45, 7) is 0.576. The molecule has 1 aromatic carbocycles. The molecule has 110 valence electrons. The molecule has 2 rings (SSSR count). The molecule has 0 spiro atoms. The molecule has 2 aromatic rings. The van der Waals surface area contributed by atoms with Crippen LogP contribution in [0, 0.1) is 5.82 Å². The van der Waals surface area contributed by atoms with Crippen LogP contribution in [0.3, 0.4) is 0 Å². The van der Waals surface area contributed by atoms with E-state index in [0.29, 0.717) is 12.3 Å². The molecule has 21 heavy (non-hydrogen) atoms. The van der Waals surface area contributed by atoms with Gasteiger partial charge in [0.1, 0.15) is 29.0 Å². The summed E-state index contributed by atoms with van der Waals surface area (Å²) in [5.41, 5.74) is 0.202. The lowest BCUT2D eigenvalue weighted by atomic mass is 10.3. The summed E-state index contributed by atoms with van der Waals surface area (Å²) in [5.74, 6) is -0.238. The Kier molecular flexibility index (Phi) is 5.05. The van der Waals surface area contributed by atoms with E-state index in [1.807, 2.05) is 0 Å². The summed E-state index contributed by atoms with van der Waals surface area (Å²) in [4.78, 5) is 21.2. The van der Waals surface area contributed by atoms with Crippen LogP contribution in [0.2, 0.25) is 5.15 Å². The molecule has 0 aliphatic heterocycles. The second-order valence-electron chi connectivity index (χ2n) is 4.26. The molecule has 0 saturated carbocycles. The molecule has 0 aliphatic carbocycles. The lowest BCUT2D eigenvalue weighted by Gasteiger charge is -2.16. The van der Waals surface area contributed by atoms with Crippen molar-refractivity contribution in [3.05, 3.63) is 53.3 Å². The monoisotopic (exact) mass is 309 g/mol. The molecule has 0 saturated heterocycles. The summed E-state index contributed by atoms with van der Waals surface area (Å²) >= 11 is 5.61. The van der Waals surface area contributed by atoms with Crippen LogP contribution in [0.1, 0.15) is 10.5 Å². The minimum Gasteiger partial charge on any atom is -0.492 e. The van der Waals surface area contributed by atoms with Gasteiger partial charge in [0.2, 0.25) is 0 Å². The quantitative estimate of drug-likeness (QED) is 0.851. The van der Waals surface area contributed by atoms with Gasteiger partial charge in [-0.2, -0.15) is 0 Å². The van der Waals surface area contributed by atoms with Crippen LogP contribution in [0.4, 0.5) is 4.39 Å². The fourth-order valence-corrected chi connectivity index (χ4v) is 1.67. The van der Waals surface area contributed by atoms with Crippen LogP contribution >= 0.6 is 11.6 Å².